The minimum atomic E-state index is 0. The van der Waals surface area contributed by atoms with Crippen molar-refractivity contribution in [3.8, 4) is 0 Å². The second-order valence-electron chi connectivity index (χ2n) is 7.38. The van der Waals surface area contributed by atoms with Crippen molar-refractivity contribution < 1.29 is 4.74 Å². The van der Waals surface area contributed by atoms with Crippen LogP contribution in [0.15, 0.2) is 41.4 Å². The van der Waals surface area contributed by atoms with E-state index in [1.807, 2.05) is 7.05 Å². The highest BCUT2D eigenvalue weighted by atomic mass is 127. The lowest BCUT2D eigenvalue weighted by Gasteiger charge is -2.22. The topological polar surface area (TPSA) is 48.9 Å². The molecule has 1 aromatic carbocycles. The largest absolute Gasteiger partial charge is 0.378 e. The van der Waals surface area contributed by atoms with Crippen molar-refractivity contribution in [1.29, 1.82) is 0 Å². The van der Waals surface area contributed by atoms with Crippen LogP contribution in [0.25, 0.3) is 0 Å². The highest BCUT2D eigenvalue weighted by Gasteiger charge is 2.13. The Kier molecular flexibility index (Phi) is 10.7. The summed E-state index contributed by atoms with van der Waals surface area (Å²) < 4.78 is 5.97. The van der Waals surface area contributed by atoms with Crippen LogP contribution in [-0.4, -0.2) is 45.4 Å². The number of nitrogens with zero attached hydrogens (tertiary/aromatic N) is 2. The molecular weight excluding hydrogens is 463 g/mol. The molecule has 5 nitrogen and oxygen atoms in total. The fraction of sp³-hybridized carbons (Fsp3) is 0.591. The molecule has 0 saturated heterocycles. The van der Waals surface area contributed by atoms with E-state index in [-0.39, 0.29) is 24.0 Å². The first-order valence-corrected chi connectivity index (χ1v) is 10.4. The van der Waals surface area contributed by atoms with Crippen LogP contribution < -0.4 is 15.5 Å². The van der Waals surface area contributed by atoms with Gasteiger partial charge in [0.05, 0.1) is 6.10 Å². The molecule has 2 N–H and O–H groups in total. The summed E-state index contributed by atoms with van der Waals surface area (Å²) in [5, 5.41) is 6.76. The van der Waals surface area contributed by atoms with Gasteiger partial charge in [-0.1, -0.05) is 43.5 Å². The highest BCUT2D eigenvalue weighted by Crippen LogP contribution is 2.20. The van der Waals surface area contributed by atoms with Crippen LogP contribution in [0.3, 0.4) is 0 Å². The molecule has 1 saturated carbocycles. The molecule has 1 aliphatic carbocycles. The third-order valence-corrected chi connectivity index (χ3v) is 5.32. The van der Waals surface area contributed by atoms with E-state index in [9.17, 15) is 0 Å². The van der Waals surface area contributed by atoms with Crippen molar-refractivity contribution in [2.75, 3.05) is 38.2 Å². The fourth-order valence-electron chi connectivity index (χ4n) is 3.68. The van der Waals surface area contributed by atoms with Crippen molar-refractivity contribution in [2.24, 2.45) is 4.99 Å². The lowest BCUT2D eigenvalue weighted by Crippen LogP contribution is -2.37. The number of halogens is 1. The molecule has 6 heteroatoms. The summed E-state index contributed by atoms with van der Waals surface area (Å²) in [5.74, 6) is 0.848. The maximum Gasteiger partial charge on any atom is 0.191 e. The Morgan fingerprint density at radius 1 is 1.07 bits per heavy atom. The molecular formula is C22H35IN4O. The zero-order valence-corrected chi connectivity index (χ0v) is 19.4. The first kappa shape index (κ1) is 23.0. The molecule has 0 bridgehead atoms. The van der Waals surface area contributed by atoms with Crippen LogP contribution in [0, 0.1) is 0 Å². The summed E-state index contributed by atoms with van der Waals surface area (Å²) in [4.78, 5) is 6.66. The summed E-state index contributed by atoms with van der Waals surface area (Å²) in [7, 11) is 1.82. The number of ether oxygens (including phenoxy) is 1. The van der Waals surface area contributed by atoms with Gasteiger partial charge in [-0.05, 0) is 37.0 Å². The predicted molar refractivity (Wildman–Crippen MR) is 129 cm³/mol. The van der Waals surface area contributed by atoms with Crippen molar-refractivity contribution >= 4 is 35.6 Å². The molecule has 1 heterocycles. The number of benzene rings is 1. The minimum absolute atomic E-state index is 0. The summed E-state index contributed by atoms with van der Waals surface area (Å²) >= 11 is 0. The SMILES string of the molecule is CN=C(NCCCOC1CCCCC1)NCc1ccc(N2CC=CC2)cc1.I. The van der Waals surface area contributed by atoms with E-state index in [1.165, 1.54) is 43.4 Å². The van der Waals surface area contributed by atoms with Crippen LogP contribution in [0.2, 0.25) is 0 Å². The van der Waals surface area contributed by atoms with E-state index in [2.05, 4.69) is 56.9 Å². The Morgan fingerprint density at radius 2 is 1.79 bits per heavy atom. The summed E-state index contributed by atoms with van der Waals surface area (Å²) in [5.41, 5.74) is 2.54. The van der Waals surface area contributed by atoms with Crippen molar-refractivity contribution in [3.05, 3.63) is 42.0 Å². The number of nitrogens with one attached hydrogen (secondary N) is 2. The molecule has 156 valence electrons. The minimum Gasteiger partial charge on any atom is -0.378 e. The average molecular weight is 498 g/mol. The van der Waals surface area contributed by atoms with Crippen LogP contribution in [-0.2, 0) is 11.3 Å². The summed E-state index contributed by atoms with van der Waals surface area (Å²) in [6.45, 7) is 4.52. The first-order chi connectivity index (χ1) is 13.3. The lowest BCUT2D eigenvalue weighted by molar-refractivity contribution is 0.0277. The van der Waals surface area contributed by atoms with Gasteiger partial charge in [0.15, 0.2) is 5.96 Å². The van der Waals surface area contributed by atoms with Gasteiger partial charge in [0.25, 0.3) is 0 Å². The monoisotopic (exact) mass is 498 g/mol. The quantitative estimate of drug-likeness (QED) is 0.187. The molecule has 1 aliphatic heterocycles. The van der Waals surface area contributed by atoms with E-state index in [4.69, 9.17) is 4.74 Å². The lowest BCUT2D eigenvalue weighted by atomic mass is 9.98. The maximum atomic E-state index is 5.97. The number of anilines is 1. The van der Waals surface area contributed by atoms with Gasteiger partial charge in [0, 0.05) is 45.5 Å². The normalized spacial score (nSPS) is 17.5. The molecule has 0 spiro atoms. The predicted octanol–water partition coefficient (Wildman–Crippen LogP) is 4.09. The molecule has 0 aromatic heterocycles. The van der Waals surface area contributed by atoms with E-state index < -0.39 is 0 Å². The molecule has 0 amide bonds. The zero-order valence-electron chi connectivity index (χ0n) is 17.0. The number of rotatable bonds is 8. The molecule has 2 aliphatic rings. The maximum absolute atomic E-state index is 5.97. The van der Waals surface area contributed by atoms with Crippen LogP contribution in [0.4, 0.5) is 5.69 Å². The molecule has 0 radical (unpaired) electrons. The van der Waals surface area contributed by atoms with E-state index in [1.54, 1.807) is 0 Å². The molecule has 1 aromatic rings. The molecule has 28 heavy (non-hydrogen) atoms. The summed E-state index contributed by atoms with van der Waals surface area (Å²) in [6, 6.07) is 8.77. The Balaban J connectivity index is 0.00000280. The zero-order chi connectivity index (χ0) is 18.7. The summed E-state index contributed by atoms with van der Waals surface area (Å²) in [6.07, 6.45) is 12.4. The highest BCUT2D eigenvalue weighted by molar-refractivity contribution is 14.0. The van der Waals surface area contributed by atoms with Crippen molar-refractivity contribution in [3.63, 3.8) is 0 Å². The first-order valence-electron chi connectivity index (χ1n) is 10.4. The Labute approximate surface area is 187 Å². The molecule has 0 unspecified atom stereocenters. The van der Waals surface area contributed by atoms with Crippen molar-refractivity contribution in [2.45, 2.75) is 51.2 Å². The fourth-order valence-corrected chi connectivity index (χ4v) is 3.68. The average Bonchev–Trinajstić information content (AvgIpc) is 3.26. The number of hydrogen-bond donors (Lipinski definition) is 2. The van der Waals surface area contributed by atoms with Gasteiger partial charge >= 0.3 is 0 Å². The Bertz CT molecular complexity index is 603. The van der Waals surface area contributed by atoms with E-state index in [0.717, 1.165) is 45.2 Å². The van der Waals surface area contributed by atoms with Gasteiger partial charge < -0.3 is 20.3 Å². The van der Waals surface area contributed by atoms with E-state index in [0.29, 0.717) is 6.10 Å². The van der Waals surface area contributed by atoms with Crippen LogP contribution in [0.5, 0.6) is 0 Å². The van der Waals surface area contributed by atoms with Gasteiger partial charge in [-0.3, -0.25) is 4.99 Å². The Morgan fingerprint density at radius 3 is 2.46 bits per heavy atom. The Hall–Kier alpha value is -1.28. The van der Waals surface area contributed by atoms with Crippen LogP contribution in [0.1, 0.15) is 44.1 Å². The third-order valence-electron chi connectivity index (χ3n) is 5.32. The van der Waals surface area contributed by atoms with Gasteiger partial charge in [0.1, 0.15) is 0 Å². The second kappa shape index (κ2) is 13.0. The van der Waals surface area contributed by atoms with Gasteiger partial charge in [-0.25, -0.2) is 0 Å². The smallest absolute Gasteiger partial charge is 0.191 e. The van der Waals surface area contributed by atoms with Gasteiger partial charge in [0.2, 0.25) is 0 Å². The molecule has 3 rings (SSSR count). The van der Waals surface area contributed by atoms with Gasteiger partial charge in [-0.15, -0.1) is 24.0 Å². The number of aliphatic imine (C=N–C) groups is 1. The van der Waals surface area contributed by atoms with E-state index >= 15 is 0 Å². The van der Waals surface area contributed by atoms with Gasteiger partial charge in [-0.2, -0.15) is 0 Å². The molecule has 1 fully saturated rings. The number of hydrogen-bond acceptors (Lipinski definition) is 3. The van der Waals surface area contributed by atoms with Crippen molar-refractivity contribution in [1.82, 2.24) is 10.6 Å². The standard InChI is InChI=1S/C22H34N4O.HI/c1-23-22(24-14-7-17-27-21-8-3-2-4-9-21)25-18-19-10-12-20(13-11-19)26-15-5-6-16-26;/h5-6,10-13,21H,2-4,7-9,14-18H2,1H3,(H2,23,24,25);1H. The number of guanidine groups is 1. The molecule has 0 atom stereocenters. The van der Waals surface area contributed by atoms with Crippen LogP contribution >= 0.6 is 24.0 Å². The third kappa shape index (κ3) is 7.62. The second-order valence-corrected chi connectivity index (χ2v) is 7.38.